The molecule has 3 aromatic rings. The Balaban J connectivity index is 2.01. The average molecular weight is 365 g/mol. The average Bonchev–Trinajstić information content (AvgIpc) is 2.99. The molecule has 2 heterocycles. The van der Waals surface area contributed by atoms with Gasteiger partial charge in [-0.2, -0.15) is 0 Å². The van der Waals surface area contributed by atoms with Crippen molar-refractivity contribution in [3.8, 4) is 0 Å². The van der Waals surface area contributed by atoms with Crippen LogP contribution in [0.4, 0.5) is 11.5 Å². The number of imidazole rings is 1. The molecule has 2 aromatic heterocycles. The third-order valence-electron chi connectivity index (χ3n) is 4.52. The van der Waals surface area contributed by atoms with Gasteiger partial charge in [0.2, 0.25) is 0 Å². The fourth-order valence-electron chi connectivity index (χ4n) is 3.06. The largest absolute Gasteiger partial charge is 0.347 e. The van der Waals surface area contributed by atoms with Crippen molar-refractivity contribution in [1.82, 2.24) is 19.9 Å². The van der Waals surface area contributed by atoms with E-state index in [9.17, 15) is 4.79 Å². The molecule has 6 heteroatoms. The Bertz CT molecular complexity index is 984. The van der Waals surface area contributed by atoms with Crippen molar-refractivity contribution in [2.75, 3.05) is 11.9 Å². The maximum atomic E-state index is 12.6. The van der Waals surface area contributed by atoms with E-state index in [-0.39, 0.29) is 11.4 Å². The van der Waals surface area contributed by atoms with Gasteiger partial charge in [-0.05, 0) is 44.9 Å². The smallest absolute Gasteiger partial charge is 0.251 e. The molecule has 6 nitrogen and oxygen atoms in total. The highest BCUT2D eigenvalue weighted by Crippen LogP contribution is 2.29. The fourth-order valence-corrected chi connectivity index (χ4v) is 3.06. The molecule has 0 radical (unpaired) electrons. The molecule has 0 saturated carbocycles. The summed E-state index contributed by atoms with van der Waals surface area (Å²) < 4.78 is 1.97. The summed E-state index contributed by atoms with van der Waals surface area (Å²) in [5, 5.41) is 3.02. The Labute approximate surface area is 160 Å². The minimum absolute atomic E-state index is 0.0742. The van der Waals surface area contributed by atoms with Crippen LogP contribution < -0.4 is 10.2 Å². The normalized spacial score (nSPS) is 11.6. The van der Waals surface area contributed by atoms with E-state index in [0.29, 0.717) is 5.56 Å². The maximum Gasteiger partial charge on any atom is 0.251 e. The maximum absolute atomic E-state index is 12.6. The Hall–Kier alpha value is -2.89. The number of aromatic nitrogens is 3. The molecule has 0 saturated heterocycles. The monoisotopic (exact) mass is 365 g/mol. The first-order valence-corrected chi connectivity index (χ1v) is 9.16. The number of nitrogens with zero attached hydrogens (tertiary/aromatic N) is 4. The van der Waals surface area contributed by atoms with Gasteiger partial charge in [-0.3, -0.25) is 4.79 Å². The summed E-state index contributed by atoms with van der Waals surface area (Å²) in [6, 6.07) is 7.86. The second kappa shape index (κ2) is 7.02. The molecule has 1 N–H and O–H groups in total. The van der Waals surface area contributed by atoms with E-state index in [1.54, 1.807) is 12.5 Å². The van der Waals surface area contributed by atoms with Crippen LogP contribution in [-0.2, 0) is 13.5 Å². The highest BCUT2D eigenvalue weighted by atomic mass is 16.1. The zero-order valence-electron chi connectivity index (χ0n) is 16.9. The first kappa shape index (κ1) is 18.9. The van der Waals surface area contributed by atoms with E-state index in [2.05, 4.69) is 22.2 Å². The number of hydrogen-bond acceptors (Lipinski definition) is 4. The quantitative estimate of drug-likeness (QED) is 0.763. The minimum Gasteiger partial charge on any atom is -0.347 e. The summed E-state index contributed by atoms with van der Waals surface area (Å²) in [6.07, 6.45) is 4.43. The van der Waals surface area contributed by atoms with Crippen LogP contribution in [0.1, 0.15) is 43.6 Å². The first-order valence-electron chi connectivity index (χ1n) is 9.16. The highest BCUT2D eigenvalue weighted by Gasteiger charge is 2.18. The Morgan fingerprint density at radius 2 is 1.96 bits per heavy atom. The number of nitrogens with one attached hydrogen (secondary N) is 1. The number of pyridine rings is 1. The van der Waals surface area contributed by atoms with Crippen molar-refractivity contribution in [2.24, 2.45) is 7.05 Å². The van der Waals surface area contributed by atoms with Gasteiger partial charge >= 0.3 is 0 Å². The van der Waals surface area contributed by atoms with Crippen LogP contribution in [-0.4, -0.2) is 33.0 Å². The molecule has 27 heavy (non-hydrogen) atoms. The molecule has 0 bridgehead atoms. The number of anilines is 2. The van der Waals surface area contributed by atoms with Gasteiger partial charge in [0.05, 0.1) is 18.0 Å². The molecule has 0 spiro atoms. The van der Waals surface area contributed by atoms with Crippen LogP contribution in [0.2, 0.25) is 0 Å². The molecule has 0 fully saturated rings. The van der Waals surface area contributed by atoms with Crippen LogP contribution in [0.5, 0.6) is 0 Å². The second-order valence-corrected chi connectivity index (χ2v) is 7.85. The summed E-state index contributed by atoms with van der Waals surface area (Å²) in [6.45, 7) is 8.04. The van der Waals surface area contributed by atoms with Crippen molar-refractivity contribution >= 4 is 28.4 Å². The summed E-state index contributed by atoms with van der Waals surface area (Å²) in [7, 11) is 3.94. The van der Waals surface area contributed by atoms with E-state index in [0.717, 1.165) is 34.5 Å². The molecule has 0 aliphatic rings. The molecule has 142 valence electrons. The summed E-state index contributed by atoms with van der Waals surface area (Å²) in [4.78, 5) is 23.5. The zero-order valence-corrected chi connectivity index (χ0v) is 16.9. The van der Waals surface area contributed by atoms with Crippen LogP contribution >= 0.6 is 0 Å². The van der Waals surface area contributed by atoms with E-state index in [4.69, 9.17) is 0 Å². The van der Waals surface area contributed by atoms with Gasteiger partial charge in [-0.25, -0.2) is 9.97 Å². The van der Waals surface area contributed by atoms with Crippen LogP contribution in [0.25, 0.3) is 11.0 Å². The standard InChI is InChI=1S/C21H27N5O/c1-7-14-8-9-15(20(27)24-21(2,3)4)10-17(14)26(6)19-11-18-16(12-22-19)23-13-25(18)5/h8-13H,7H2,1-6H3,(H,24,27). The lowest BCUT2D eigenvalue weighted by Gasteiger charge is -2.24. The lowest BCUT2D eigenvalue weighted by molar-refractivity contribution is 0.0919. The van der Waals surface area contributed by atoms with Gasteiger partial charge in [0.1, 0.15) is 11.3 Å². The lowest BCUT2D eigenvalue weighted by Crippen LogP contribution is -2.40. The van der Waals surface area contributed by atoms with Gasteiger partial charge in [0, 0.05) is 37.0 Å². The second-order valence-electron chi connectivity index (χ2n) is 7.85. The zero-order chi connectivity index (χ0) is 19.8. The number of hydrogen-bond donors (Lipinski definition) is 1. The van der Waals surface area contributed by atoms with E-state index >= 15 is 0 Å². The number of benzene rings is 1. The van der Waals surface area contributed by atoms with E-state index in [1.807, 2.05) is 68.6 Å². The van der Waals surface area contributed by atoms with Crippen LogP contribution in [0, 0.1) is 0 Å². The molecular formula is C21H27N5O. The predicted molar refractivity (Wildman–Crippen MR) is 110 cm³/mol. The topological polar surface area (TPSA) is 63.1 Å². The van der Waals surface area contributed by atoms with Crippen LogP contribution in [0.15, 0.2) is 36.8 Å². The number of carbonyl (C=O) groups excluding carboxylic acids is 1. The minimum atomic E-state index is -0.279. The van der Waals surface area contributed by atoms with Gasteiger partial charge in [-0.15, -0.1) is 0 Å². The third kappa shape index (κ3) is 3.94. The van der Waals surface area contributed by atoms with Crippen molar-refractivity contribution in [1.29, 1.82) is 0 Å². The summed E-state index contributed by atoms with van der Waals surface area (Å²) >= 11 is 0. The summed E-state index contributed by atoms with van der Waals surface area (Å²) in [5.41, 5.74) is 4.39. The molecule has 0 aliphatic heterocycles. The first-order chi connectivity index (χ1) is 12.7. The van der Waals surface area contributed by atoms with Crippen molar-refractivity contribution in [2.45, 2.75) is 39.7 Å². The van der Waals surface area contributed by atoms with Crippen LogP contribution in [0.3, 0.4) is 0 Å². The fraction of sp³-hybridized carbons (Fsp3) is 0.381. The Morgan fingerprint density at radius 3 is 2.63 bits per heavy atom. The molecule has 1 amide bonds. The predicted octanol–water partition coefficient (Wildman–Crippen LogP) is 3.83. The molecular weight excluding hydrogens is 338 g/mol. The number of carbonyl (C=O) groups is 1. The molecule has 0 unspecified atom stereocenters. The molecule has 3 rings (SSSR count). The van der Waals surface area contributed by atoms with E-state index < -0.39 is 0 Å². The van der Waals surface area contributed by atoms with Gasteiger partial charge in [0.15, 0.2) is 0 Å². The van der Waals surface area contributed by atoms with Crippen molar-refractivity contribution in [3.63, 3.8) is 0 Å². The number of rotatable bonds is 4. The number of amides is 1. The van der Waals surface area contributed by atoms with Gasteiger partial charge in [-0.1, -0.05) is 13.0 Å². The Morgan fingerprint density at radius 1 is 1.22 bits per heavy atom. The lowest BCUT2D eigenvalue weighted by atomic mass is 10.0. The molecule has 0 aliphatic carbocycles. The van der Waals surface area contributed by atoms with Crippen molar-refractivity contribution in [3.05, 3.63) is 47.9 Å². The highest BCUT2D eigenvalue weighted by molar-refractivity contribution is 5.96. The van der Waals surface area contributed by atoms with Gasteiger partial charge in [0.25, 0.3) is 5.91 Å². The van der Waals surface area contributed by atoms with Crippen molar-refractivity contribution < 1.29 is 4.79 Å². The SMILES string of the molecule is CCc1ccc(C(=O)NC(C)(C)C)cc1N(C)c1cc2c(cn1)ncn2C. The Kier molecular flexibility index (Phi) is 4.91. The molecule has 0 atom stereocenters. The van der Waals surface area contributed by atoms with Gasteiger partial charge < -0.3 is 14.8 Å². The van der Waals surface area contributed by atoms with E-state index in [1.165, 1.54) is 0 Å². The molecule has 1 aromatic carbocycles. The summed E-state index contributed by atoms with van der Waals surface area (Å²) in [5.74, 6) is 0.740. The number of fused-ring (bicyclic) bond motifs is 1. The third-order valence-corrected chi connectivity index (χ3v) is 4.52. The number of aryl methyl sites for hydroxylation is 2.